The van der Waals surface area contributed by atoms with E-state index in [2.05, 4.69) is 20.9 Å². The predicted octanol–water partition coefficient (Wildman–Crippen LogP) is 4.81. The van der Waals surface area contributed by atoms with Crippen LogP contribution in [0.15, 0.2) is 41.0 Å². The van der Waals surface area contributed by atoms with Crippen LogP contribution in [0.5, 0.6) is 0 Å². The van der Waals surface area contributed by atoms with Gasteiger partial charge in [0.25, 0.3) is 0 Å². The van der Waals surface area contributed by atoms with Crippen molar-refractivity contribution >= 4 is 27.5 Å². The van der Waals surface area contributed by atoms with Crippen molar-refractivity contribution in [2.75, 3.05) is 0 Å². The van der Waals surface area contributed by atoms with E-state index in [4.69, 9.17) is 11.6 Å². The standard InChI is InChI=1S/C14H12BrClFN/c1-9-4-3-7-18-13(9)8-11(16)10-5-2-6-12(17)14(10)15/h2-7,11H,8H2,1H3. The van der Waals surface area contributed by atoms with Gasteiger partial charge in [0, 0.05) is 18.3 Å². The van der Waals surface area contributed by atoms with Crippen molar-refractivity contribution in [3.63, 3.8) is 0 Å². The minimum atomic E-state index is -0.302. The average molecular weight is 329 g/mol. The molecule has 0 fully saturated rings. The summed E-state index contributed by atoms with van der Waals surface area (Å²) in [4.78, 5) is 4.30. The smallest absolute Gasteiger partial charge is 0.137 e. The molecule has 2 rings (SSSR count). The fourth-order valence-corrected chi connectivity index (χ4v) is 2.77. The van der Waals surface area contributed by atoms with Crippen LogP contribution in [-0.4, -0.2) is 4.98 Å². The van der Waals surface area contributed by atoms with Crippen LogP contribution in [0.2, 0.25) is 0 Å². The zero-order valence-electron chi connectivity index (χ0n) is 9.83. The van der Waals surface area contributed by atoms with Gasteiger partial charge in [-0.15, -0.1) is 11.6 Å². The predicted molar refractivity (Wildman–Crippen MR) is 75.4 cm³/mol. The van der Waals surface area contributed by atoms with E-state index in [1.54, 1.807) is 12.3 Å². The van der Waals surface area contributed by atoms with Crippen LogP contribution in [-0.2, 0) is 6.42 Å². The second-order valence-corrected chi connectivity index (χ2v) is 5.40. The molecule has 18 heavy (non-hydrogen) atoms. The summed E-state index contributed by atoms with van der Waals surface area (Å²) in [6.07, 6.45) is 2.32. The lowest BCUT2D eigenvalue weighted by atomic mass is 10.0. The molecule has 0 radical (unpaired) electrons. The highest BCUT2D eigenvalue weighted by Gasteiger charge is 2.16. The van der Waals surface area contributed by atoms with Gasteiger partial charge in [-0.25, -0.2) is 4.39 Å². The Balaban J connectivity index is 2.25. The Morgan fingerprint density at radius 2 is 2.11 bits per heavy atom. The molecule has 0 saturated heterocycles. The van der Waals surface area contributed by atoms with E-state index < -0.39 is 0 Å². The molecule has 0 aliphatic rings. The third-order valence-corrected chi connectivity index (χ3v) is 4.04. The molecule has 1 unspecified atom stereocenters. The molecule has 0 amide bonds. The Labute approximate surface area is 119 Å². The number of aryl methyl sites for hydroxylation is 1. The van der Waals surface area contributed by atoms with Crippen LogP contribution in [0.4, 0.5) is 4.39 Å². The van der Waals surface area contributed by atoms with Crippen molar-refractivity contribution in [3.05, 3.63) is 63.6 Å². The van der Waals surface area contributed by atoms with Crippen LogP contribution in [0.25, 0.3) is 0 Å². The number of aromatic nitrogens is 1. The fraction of sp³-hybridized carbons (Fsp3) is 0.214. The highest BCUT2D eigenvalue weighted by Crippen LogP contribution is 2.32. The minimum absolute atomic E-state index is 0.295. The number of hydrogen-bond acceptors (Lipinski definition) is 1. The van der Waals surface area contributed by atoms with E-state index in [1.165, 1.54) is 6.07 Å². The van der Waals surface area contributed by atoms with Gasteiger partial charge in [-0.2, -0.15) is 0 Å². The third kappa shape index (κ3) is 2.90. The Bertz CT molecular complexity index is 559. The van der Waals surface area contributed by atoms with Crippen LogP contribution < -0.4 is 0 Å². The highest BCUT2D eigenvalue weighted by molar-refractivity contribution is 9.10. The molecule has 1 aromatic carbocycles. The maximum atomic E-state index is 13.4. The second-order valence-electron chi connectivity index (χ2n) is 4.08. The van der Waals surface area contributed by atoms with Crippen LogP contribution >= 0.6 is 27.5 Å². The fourth-order valence-electron chi connectivity index (χ4n) is 1.77. The number of pyridine rings is 1. The van der Waals surface area contributed by atoms with Gasteiger partial charge in [0.1, 0.15) is 5.82 Å². The summed E-state index contributed by atoms with van der Waals surface area (Å²) in [6.45, 7) is 1.99. The van der Waals surface area contributed by atoms with Crippen molar-refractivity contribution < 1.29 is 4.39 Å². The Kier molecular flexibility index (Phi) is 4.36. The summed E-state index contributed by atoms with van der Waals surface area (Å²) < 4.78 is 13.9. The molecule has 4 heteroatoms. The molecule has 1 aromatic heterocycles. The number of benzene rings is 1. The number of nitrogens with zero attached hydrogens (tertiary/aromatic N) is 1. The molecule has 1 nitrogen and oxygen atoms in total. The first-order chi connectivity index (χ1) is 8.59. The average Bonchev–Trinajstić information content (AvgIpc) is 2.35. The molecule has 0 spiro atoms. The number of halogens is 3. The largest absolute Gasteiger partial charge is 0.261 e. The monoisotopic (exact) mass is 327 g/mol. The van der Waals surface area contributed by atoms with Crippen molar-refractivity contribution in [2.45, 2.75) is 18.7 Å². The Morgan fingerprint density at radius 3 is 2.83 bits per heavy atom. The van der Waals surface area contributed by atoms with Gasteiger partial charge in [0.05, 0.1) is 9.85 Å². The van der Waals surface area contributed by atoms with Crippen molar-refractivity contribution in [1.29, 1.82) is 0 Å². The van der Waals surface area contributed by atoms with Gasteiger partial charge in [0.15, 0.2) is 0 Å². The van der Waals surface area contributed by atoms with E-state index in [0.717, 1.165) is 16.8 Å². The van der Waals surface area contributed by atoms with Crippen LogP contribution in [0.1, 0.15) is 22.2 Å². The Hall–Kier alpha value is -0.930. The lowest BCUT2D eigenvalue weighted by molar-refractivity contribution is 0.617. The molecule has 94 valence electrons. The first-order valence-corrected chi connectivity index (χ1v) is 6.81. The molecule has 1 heterocycles. The third-order valence-electron chi connectivity index (χ3n) is 2.81. The molecule has 0 saturated carbocycles. The van der Waals surface area contributed by atoms with Gasteiger partial charge >= 0.3 is 0 Å². The van der Waals surface area contributed by atoms with Gasteiger partial charge in [0.2, 0.25) is 0 Å². The van der Waals surface area contributed by atoms with E-state index in [1.807, 2.05) is 25.1 Å². The SMILES string of the molecule is Cc1cccnc1CC(Cl)c1cccc(F)c1Br. The molecular weight excluding hydrogens is 317 g/mol. The topological polar surface area (TPSA) is 12.9 Å². The van der Waals surface area contributed by atoms with Gasteiger partial charge in [-0.3, -0.25) is 4.98 Å². The molecule has 0 aliphatic heterocycles. The second kappa shape index (κ2) is 5.81. The zero-order valence-corrected chi connectivity index (χ0v) is 12.2. The van der Waals surface area contributed by atoms with Crippen LogP contribution in [0, 0.1) is 12.7 Å². The summed E-state index contributed by atoms with van der Waals surface area (Å²) in [5, 5.41) is -0.302. The van der Waals surface area contributed by atoms with E-state index in [-0.39, 0.29) is 11.2 Å². The summed E-state index contributed by atoms with van der Waals surface area (Å²) >= 11 is 9.59. The zero-order chi connectivity index (χ0) is 13.1. The first kappa shape index (κ1) is 13.5. The minimum Gasteiger partial charge on any atom is -0.261 e. The van der Waals surface area contributed by atoms with E-state index in [9.17, 15) is 4.39 Å². The van der Waals surface area contributed by atoms with Crippen molar-refractivity contribution in [2.24, 2.45) is 0 Å². The number of alkyl halides is 1. The van der Waals surface area contributed by atoms with E-state index in [0.29, 0.717) is 10.9 Å². The lowest BCUT2D eigenvalue weighted by Crippen LogP contribution is -2.02. The van der Waals surface area contributed by atoms with Crippen molar-refractivity contribution in [1.82, 2.24) is 4.98 Å². The number of hydrogen-bond donors (Lipinski definition) is 0. The lowest BCUT2D eigenvalue weighted by Gasteiger charge is -2.13. The molecule has 0 N–H and O–H groups in total. The molecule has 0 aliphatic carbocycles. The normalized spacial score (nSPS) is 12.4. The van der Waals surface area contributed by atoms with Crippen molar-refractivity contribution in [3.8, 4) is 0 Å². The highest BCUT2D eigenvalue weighted by atomic mass is 79.9. The molecular formula is C14H12BrClFN. The summed E-state index contributed by atoms with van der Waals surface area (Å²) in [5.74, 6) is -0.295. The molecule has 1 atom stereocenters. The number of rotatable bonds is 3. The summed E-state index contributed by atoms with van der Waals surface area (Å²) in [5.41, 5.74) is 2.78. The quantitative estimate of drug-likeness (QED) is 0.737. The van der Waals surface area contributed by atoms with Gasteiger partial charge < -0.3 is 0 Å². The summed E-state index contributed by atoms with van der Waals surface area (Å²) in [6, 6.07) is 8.77. The maximum absolute atomic E-state index is 13.4. The van der Waals surface area contributed by atoms with Gasteiger partial charge in [-0.05, 0) is 46.1 Å². The van der Waals surface area contributed by atoms with Crippen LogP contribution in [0.3, 0.4) is 0 Å². The summed E-state index contributed by atoms with van der Waals surface area (Å²) in [7, 11) is 0. The van der Waals surface area contributed by atoms with E-state index >= 15 is 0 Å². The Morgan fingerprint density at radius 1 is 1.33 bits per heavy atom. The molecule has 0 bridgehead atoms. The maximum Gasteiger partial charge on any atom is 0.137 e. The first-order valence-electron chi connectivity index (χ1n) is 5.58. The molecule has 2 aromatic rings. The van der Waals surface area contributed by atoms with Gasteiger partial charge in [-0.1, -0.05) is 18.2 Å².